The molecule has 0 atom stereocenters. The van der Waals surface area contributed by atoms with Gasteiger partial charge in [0, 0.05) is 18.0 Å². The van der Waals surface area contributed by atoms with Crippen LogP contribution in [-0.4, -0.2) is 23.7 Å². The Balaban J connectivity index is 2.13. The Morgan fingerprint density at radius 2 is 2.05 bits per heavy atom. The second-order valence-corrected chi connectivity index (χ2v) is 4.08. The van der Waals surface area contributed by atoms with Gasteiger partial charge in [-0.3, -0.25) is 9.78 Å². The first kappa shape index (κ1) is 13.7. The van der Waals surface area contributed by atoms with Gasteiger partial charge in [0.1, 0.15) is 5.75 Å². The van der Waals surface area contributed by atoms with E-state index in [1.807, 2.05) is 24.3 Å². The number of pyridine rings is 1. The molecule has 0 fully saturated rings. The van der Waals surface area contributed by atoms with Crippen LogP contribution in [0.25, 0.3) is 0 Å². The molecule has 20 heavy (non-hydrogen) atoms. The molecular weight excluding hydrogens is 254 g/mol. The molecular formula is C15H15N3O2. The Morgan fingerprint density at radius 1 is 1.25 bits per heavy atom. The number of rotatable bonds is 4. The number of ether oxygens (including phenoxy) is 1. The van der Waals surface area contributed by atoms with E-state index in [9.17, 15) is 4.79 Å². The number of carbonyl (C=O) groups is 1. The predicted octanol–water partition coefficient (Wildman–Crippen LogP) is 2.24. The summed E-state index contributed by atoms with van der Waals surface area (Å²) in [6.07, 6.45) is 3.10. The molecule has 102 valence electrons. The summed E-state index contributed by atoms with van der Waals surface area (Å²) in [6, 6.07) is 10.9. The first-order valence-corrected chi connectivity index (χ1v) is 6.10. The summed E-state index contributed by atoms with van der Waals surface area (Å²) in [5, 5.41) is 4.09. The molecule has 0 unspecified atom stereocenters. The molecule has 1 heterocycles. The molecule has 2 rings (SSSR count). The fourth-order valence-electron chi connectivity index (χ4n) is 1.70. The fourth-order valence-corrected chi connectivity index (χ4v) is 1.70. The normalized spacial score (nSPS) is 11.0. The van der Waals surface area contributed by atoms with Gasteiger partial charge in [-0.05, 0) is 31.2 Å². The van der Waals surface area contributed by atoms with Crippen LogP contribution in [0.5, 0.6) is 5.75 Å². The van der Waals surface area contributed by atoms with Crippen molar-refractivity contribution in [3.8, 4) is 5.75 Å². The Bertz CT molecular complexity index is 624. The summed E-state index contributed by atoms with van der Waals surface area (Å²) >= 11 is 0. The van der Waals surface area contributed by atoms with Crippen LogP contribution in [0.3, 0.4) is 0 Å². The molecule has 1 amide bonds. The van der Waals surface area contributed by atoms with E-state index < -0.39 is 0 Å². The predicted molar refractivity (Wildman–Crippen MR) is 76.9 cm³/mol. The van der Waals surface area contributed by atoms with Gasteiger partial charge < -0.3 is 4.74 Å². The zero-order chi connectivity index (χ0) is 14.4. The number of aromatic nitrogens is 1. The molecule has 1 N–H and O–H groups in total. The smallest absolute Gasteiger partial charge is 0.272 e. The maximum atomic E-state index is 11.8. The first-order valence-electron chi connectivity index (χ1n) is 6.10. The van der Waals surface area contributed by atoms with Crippen molar-refractivity contribution < 1.29 is 9.53 Å². The van der Waals surface area contributed by atoms with Crippen molar-refractivity contribution in [2.45, 2.75) is 6.92 Å². The highest BCUT2D eigenvalue weighted by Gasteiger charge is 2.07. The maximum Gasteiger partial charge on any atom is 0.272 e. The lowest BCUT2D eigenvalue weighted by Crippen LogP contribution is -2.19. The molecule has 0 aliphatic rings. The number of para-hydroxylation sites is 1. The number of nitrogens with one attached hydrogen (secondary N) is 1. The molecule has 0 saturated heterocycles. The van der Waals surface area contributed by atoms with Crippen molar-refractivity contribution >= 4 is 11.6 Å². The van der Waals surface area contributed by atoms with Crippen LogP contribution in [-0.2, 0) is 0 Å². The summed E-state index contributed by atoms with van der Waals surface area (Å²) < 4.78 is 5.25. The Morgan fingerprint density at radius 3 is 2.75 bits per heavy atom. The van der Waals surface area contributed by atoms with Crippen LogP contribution in [0.4, 0.5) is 0 Å². The van der Waals surface area contributed by atoms with E-state index in [2.05, 4.69) is 15.5 Å². The molecule has 1 aromatic heterocycles. The SMILES string of the molecule is COc1ccccc1/C(C)=N/NC(=O)c1cccnc1. The van der Waals surface area contributed by atoms with E-state index in [0.717, 1.165) is 5.56 Å². The Kier molecular flexibility index (Phi) is 4.44. The fraction of sp³-hybridized carbons (Fsp3) is 0.133. The lowest BCUT2D eigenvalue weighted by Gasteiger charge is -2.07. The average molecular weight is 269 g/mol. The highest BCUT2D eigenvalue weighted by Crippen LogP contribution is 2.17. The van der Waals surface area contributed by atoms with E-state index in [1.165, 1.54) is 6.20 Å². The van der Waals surface area contributed by atoms with Gasteiger partial charge in [-0.2, -0.15) is 5.10 Å². The average Bonchev–Trinajstić information content (AvgIpc) is 2.53. The van der Waals surface area contributed by atoms with E-state index in [1.54, 1.807) is 32.4 Å². The van der Waals surface area contributed by atoms with E-state index in [-0.39, 0.29) is 5.91 Å². The molecule has 0 radical (unpaired) electrons. The summed E-state index contributed by atoms with van der Waals surface area (Å²) in [4.78, 5) is 15.7. The maximum absolute atomic E-state index is 11.8. The van der Waals surface area contributed by atoms with Crippen LogP contribution in [0.15, 0.2) is 53.9 Å². The van der Waals surface area contributed by atoms with Crippen molar-refractivity contribution in [1.82, 2.24) is 10.4 Å². The summed E-state index contributed by atoms with van der Waals surface area (Å²) in [6.45, 7) is 1.81. The molecule has 2 aromatic rings. The highest BCUT2D eigenvalue weighted by atomic mass is 16.5. The van der Waals surface area contributed by atoms with Crippen molar-refractivity contribution in [2.24, 2.45) is 5.10 Å². The van der Waals surface area contributed by atoms with E-state index in [4.69, 9.17) is 4.74 Å². The lowest BCUT2D eigenvalue weighted by molar-refractivity contribution is 0.0954. The lowest BCUT2D eigenvalue weighted by atomic mass is 10.1. The molecule has 0 bridgehead atoms. The largest absolute Gasteiger partial charge is 0.496 e. The van der Waals surface area contributed by atoms with E-state index >= 15 is 0 Å². The third-order valence-electron chi connectivity index (χ3n) is 2.75. The highest BCUT2D eigenvalue weighted by molar-refractivity contribution is 6.02. The van der Waals surface area contributed by atoms with Crippen LogP contribution in [0.1, 0.15) is 22.8 Å². The molecule has 0 aliphatic carbocycles. The number of amides is 1. The third-order valence-corrected chi connectivity index (χ3v) is 2.75. The molecule has 1 aromatic carbocycles. The third kappa shape index (κ3) is 3.20. The molecule has 5 heteroatoms. The number of hydrogen-bond donors (Lipinski definition) is 1. The van der Waals surface area contributed by atoms with Crippen LogP contribution in [0, 0.1) is 0 Å². The first-order chi connectivity index (χ1) is 9.72. The number of hydrazone groups is 1. The van der Waals surface area contributed by atoms with E-state index in [0.29, 0.717) is 17.0 Å². The van der Waals surface area contributed by atoms with Crippen molar-refractivity contribution in [3.05, 3.63) is 59.9 Å². The quantitative estimate of drug-likeness (QED) is 0.684. The van der Waals surface area contributed by atoms with Crippen LogP contribution in [0.2, 0.25) is 0 Å². The second kappa shape index (κ2) is 6.47. The molecule has 0 spiro atoms. The van der Waals surface area contributed by atoms with Gasteiger partial charge in [-0.25, -0.2) is 5.43 Å². The van der Waals surface area contributed by atoms with Gasteiger partial charge in [-0.1, -0.05) is 12.1 Å². The molecule has 5 nitrogen and oxygen atoms in total. The zero-order valence-electron chi connectivity index (χ0n) is 11.3. The standard InChI is InChI=1S/C15H15N3O2/c1-11(13-7-3-4-8-14(13)20-2)17-18-15(19)12-6-5-9-16-10-12/h3-10H,1-2H3,(H,18,19)/b17-11+. The number of benzene rings is 1. The number of carbonyl (C=O) groups excluding carboxylic acids is 1. The monoisotopic (exact) mass is 269 g/mol. The van der Waals surface area contributed by atoms with Gasteiger partial charge in [0.15, 0.2) is 0 Å². The van der Waals surface area contributed by atoms with Crippen LogP contribution < -0.4 is 10.2 Å². The van der Waals surface area contributed by atoms with Crippen molar-refractivity contribution in [3.63, 3.8) is 0 Å². The van der Waals surface area contributed by atoms with Gasteiger partial charge in [0.25, 0.3) is 5.91 Å². The van der Waals surface area contributed by atoms with Gasteiger partial charge in [0.05, 0.1) is 18.4 Å². The minimum atomic E-state index is -0.299. The van der Waals surface area contributed by atoms with Gasteiger partial charge >= 0.3 is 0 Å². The summed E-state index contributed by atoms with van der Waals surface area (Å²) in [5.74, 6) is 0.414. The topological polar surface area (TPSA) is 63.6 Å². The summed E-state index contributed by atoms with van der Waals surface area (Å²) in [5.41, 5.74) is 4.47. The summed E-state index contributed by atoms with van der Waals surface area (Å²) in [7, 11) is 1.60. The van der Waals surface area contributed by atoms with Gasteiger partial charge in [-0.15, -0.1) is 0 Å². The second-order valence-electron chi connectivity index (χ2n) is 4.08. The van der Waals surface area contributed by atoms with Gasteiger partial charge in [0.2, 0.25) is 0 Å². The van der Waals surface area contributed by atoms with Crippen LogP contribution >= 0.6 is 0 Å². The molecule has 0 saturated carbocycles. The number of hydrogen-bond acceptors (Lipinski definition) is 4. The Hall–Kier alpha value is -2.69. The number of methoxy groups -OCH3 is 1. The zero-order valence-corrected chi connectivity index (χ0v) is 11.3. The minimum Gasteiger partial charge on any atom is -0.496 e. The van der Waals surface area contributed by atoms with Crippen molar-refractivity contribution in [1.29, 1.82) is 0 Å². The minimum absolute atomic E-state index is 0.299. The Labute approximate surface area is 117 Å². The number of nitrogens with zero attached hydrogens (tertiary/aromatic N) is 2. The molecule has 0 aliphatic heterocycles. The van der Waals surface area contributed by atoms with Crippen molar-refractivity contribution in [2.75, 3.05) is 7.11 Å².